The largest absolute Gasteiger partial charge is 0.371 e. The molecule has 2 saturated heterocycles. The molecular formula is C24H34FN5O3S2. The Hall–Kier alpha value is -1.79. The van der Waals surface area contributed by atoms with Crippen LogP contribution in [-0.2, 0) is 4.79 Å². The molecule has 0 aromatic heterocycles. The molecule has 2 unspecified atom stereocenters. The SMILES string of the molecule is CC(C)C1N=C(N2CCC(N3CCC(Nc4ccc(S(O)(O)C=C5CC5)cc4F)C3=O)CC2)SN1. The average molecular weight is 524 g/mol. The minimum atomic E-state index is -3.14. The fourth-order valence-electron chi connectivity index (χ4n) is 4.76. The van der Waals surface area contributed by atoms with Crippen LogP contribution in [-0.4, -0.2) is 67.9 Å². The molecule has 3 fully saturated rings. The highest BCUT2D eigenvalue weighted by molar-refractivity contribution is 8.26. The molecule has 3 heterocycles. The number of rotatable bonds is 6. The molecule has 8 nitrogen and oxygen atoms in total. The van der Waals surface area contributed by atoms with Crippen molar-refractivity contribution >= 4 is 39.3 Å². The number of benzene rings is 1. The Morgan fingerprint density at radius 3 is 2.60 bits per heavy atom. The second-order valence-electron chi connectivity index (χ2n) is 10.1. The first-order chi connectivity index (χ1) is 16.7. The fourth-order valence-corrected chi connectivity index (χ4v) is 7.17. The Morgan fingerprint density at radius 1 is 1.23 bits per heavy atom. The van der Waals surface area contributed by atoms with Crippen molar-refractivity contribution in [1.82, 2.24) is 14.5 Å². The predicted octanol–water partition coefficient (Wildman–Crippen LogP) is 4.68. The van der Waals surface area contributed by atoms with Crippen LogP contribution >= 0.6 is 22.5 Å². The monoisotopic (exact) mass is 523 g/mol. The van der Waals surface area contributed by atoms with E-state index in [1.807, 2.05) is 4.90 Å². The Morgan fingerprint density at radius 2 is 1.97 bits per heavy atom. The van der Waals surface area contributed by atoms with Crippen LogP contribution in [0.3, 0.4) is 0 Å². The number of amidine groups is 1. The van der Waals surface area contributed by atoms with E-state index in [2.05, 4.69) is 28.8 Å². The first-order valence-corrected chi connectivity index (χ1v) is 14.7. The van der Waals surface area contributed by atoms with Crippen LogP contribution in [0.5, 0.6) is 0 Å². The van der Waals surface area contributed by atoms with Gasteiger partial charge in [-0.2, -0.15) is 0 Å². The Balaban J connectivity index is 1.16. The molecule has 0 spiro atoms. The van der Waals surface area contributed by atoms with Gasteiger partial charge in [-0.15, -0.1) is 10.6 Å². The number of carbonyl (C=O) groups excluding carboxylic acids is 1. The predicted molar refractivity (Wildman–Crippen MR) is 140 cm³/mol. The van der Waals surface area contributed by atoms with Gasteiger partial charge in [-0.1, -0.05) is 19.4 Å². The number of hydrogen-bond donors (Lipinski definition) is 4. The minimum absolute atomic E-state index is 0.00352. The summed E-state index contributed by atoms with van der Waals surface area (Å²) >= 11 is 1.60. The summed E-state index contributed by atoms with van der Waals surface area (Å²) in [4.78, 5) is 22.3. The quantitative estimate of drug-likeness (QED) is 0.402. The molecule has 2 atom stereocenters. The van der Waals surface area contributed by atoms with Gasteiger partial charge in [-0.05, 0) is 68.2 Å². The summed E-state index contributed by atoms with van der Waals surface area (Å²) < 4.78 is 38.8. The highest BCUT2D eigenvalue weighted by Crippen LogP contribution is 2.53. The zero-order valence-corrected chi connectivity index (χ0v) is 21.7. The standard InChI is InChI=1S/C24H34FN5O3S2/c1-15(2)22-27-24(34-28-22)29-10-7-17(8-11-29)30-12-9-21(23(30)31)26-20-6-5-18(13-19(20)25)35(32,33)14-16-3-4-16/h5-6,13-15,17,21-22,26,28,32-33H,3-4,7-12H2,1-2H3. The van der Waals surface area contributed by atoms with Crippen LogP contribution in [0.1, 0.15) is 46.0 Å². The van der Waals surface area contributed by atoms with Gasteiger partial charge in [0.05, 0.1) is 10.6 Å². The molecule has 0 radical (unpaired) electrons. The summed E-state index contributed by atoms with van der Waals surface area (Å²) in [6.07, 6.45) is 4.27. The van der Waals surface area contributed by atoms with Crippen LogP contribution in [0, 0.1) is 11.7 Å². The number of anilines is 1. The number of carbonyl (C=O) groups is 1. The summed E-state index contributed by atoms with van der Waals surface area (Å²) in [5.74, 6) is -0.135. The lowest BCUT2D eigenvalue weighted by Crippen LogP contribution is -2.48. The Kier molecular flexibility index (Phi) is 7.06. The van der Waals surface area contributed by atoms with Crippen molar-refractivity contribution in [1.29, 1.82) is 0 Å². The van der Waals surface area contributed by atoms with Gasteiger partial charge in [0.25, 0.3) is 0 Å². The summed E-state index contributed by atoms with van der Waals surface area (Å²) in [6.45, 7) is 6.69. The Labute approximate surface area is 211 Å². The third-order valence-corrected chi connectivity index (χ3v) is 9.57. The van der Waals surface area contributed by atoms with Crippen LogP contribution in [0.4, 0.5) is 10.1 Å². The van der Waals surface area contributed by atoms with Gasteiger partial charge in [0.2, 0.25) is 5.91 Å². The topological polar surface area (TPSA) is 100 Å². The van der Waals surface area contributed by atoms with E-state index < -0.39 is 22.4 Å². The summed E-state index contributed by atoms with van der Waals surface area (Å²) in [5, 5.41) is 5.55. The maximum atomic E-state index is 14.8. The number of aliphatic imine (C=N–C) groups is 1. The van der Waals surface area contributed by atoms with E-state index >= 15 is 0 Å². The molecule has 11 heteroatoms. The number of likely N-dealkylation sites (tertiary alicyclic amines) is 2. The van der Waals surface area contributed by atoms with E-state index in [-0.39, 0.29) is 28.7 Å². The van der Waals surface area contributed by atoms with Crippen LogP contribution in [0.2, 0.25) is 0 Å². The van der Waals surface area contributed by atoms with E-state index in [4.69, 9.17) is 4.99 Å². The first kappa shape index (κ1) is 24.9. The van der Waals surface area contributed by atoms with Crippen molar-refractivity contribution in [2.75, 3.05) is 25.0 Å². The second-order valence-corrected chi connectivity index (χ2v) is 12.8. The first-order valence-electron chi connectivity index (χ1n) is 12.3. The number of piperidine rings is 1. The number of amides is 1. The van der Waals surface area contributed by atoms with Gasteiger partial charge >= 0.3 is 0 Å². The summed E-state index contributed by atoms with van der Waals surface area (Å²) in [6, 6.07) is 3.88. The van der Waals surface area contributed by atoms with E-state index in [0.717, 1.165) is 55.6 Å². The summed E-state index contributed by atoms with van der Waals surface area (Å²) in [7, 11) is -3.14. The maximum Gasteiger partial charge on any atom is 0.245 e. The highest BCUT2D eigenvalue weighted by Gasteiger charge is 2.38. The lowest BCUT2D eigenvalue weighted by Gasteiger charge is -2.37. The summed E-state index contributed by atoms with van der Waals surface area (Å²) in [5.41, 5.74) is 1.20. The van der Waals surface area contributed by atoms with Gasteiger partial charge in [-0.3, -0.25) is 13.9 Å². The molecular weight excluding hydrogens is 489 g/mol. The highest BCUT2D eigenvalue weighted by atomic mass is 32.3. The lowest BCUT2D eigenvalue weighted by atomic mass is 10.0. The van der Waals surface area contributed by atoms with Crippen LogP contribution in [0.15, 0.2) is 39.1 Å². The molecule has 1 amide bonds. The number of nitrogens with one attached hydrogen (secondary N) is 2. The molecule has 192 valence electrons. The number of halogens is 1. The third-order valence-electron chi connectivity index (χ3n) is 7.05. The van der Waals surface area contributed by atoms with Gasteiger partial charge < -0.3 is 15.1 Å². The van der Waals surface area contributed by atoms with Crippen LogP contribution in [0.25, 0.3) is 0 Å². The van der Waals surface area contributed by atoms with E-state index in [0.29, 0.717) is 18.9 Å². The molecule has 0 bridgehead atoms. The molecule has 35 heavy (non-hydrogen) atoms. The number of nitrogens with zero attached hydrogens (tertiary/aromatic N) is 3. The smallest absolute Gasteiger partial charge is 0.245 e. The van der Waals surface area contributed by atoms with E-state index in [1.165, 1.54) is 17.5 Å². The zero-order valence-electron chi connectivity index (χ0n) is 20.1. The molecule has 4 N–H and O–H groups in total. The normalized spacial score (nSPS) is 25.9. The van der Waals surface area contributed by atoms with Crippen molar-refractivity contribution in [2.24, 2.45) is 10.9 Å². The van der Waals surface area contributed by atoms with Crippen molar-refractivity contribution in [3.63, 3.8) is 0 Å². The average Bonchev–Trinajstić information content (AvgIpc) is 3.35. The van der Waals surface area contributed by atoms with E-state index in [1.54, 1.807) is 11.9 Å². The second kappa shape index (κ2) is 9.93. The molecule has 3 aliphatic heterocycles. The molecule has 1 aromatic carbocycles. The number of hydrogen-bond acceptors (Lipinski definition) is 8. The number of allylic oxidation sites excluding steroid dienone is 1. The fraction of sp³-hybridized carbons (Fsp3) is 0.583. The van der Waals surface area contributed by atoms with Crippen molar-refractivity contribution in [3.05, 3.63) is 35.0 Å². The van der Waals surface area contributed by atoms with Crippen molar-refractivity contribution in [2.45, 2.75) is 69.1 Å². The minimum Gasteiger partial charge on any atom is -0.371 e. The maximum absolute atomic E-state index is 14.8. The molecule has 1 saturated carbocycles. The molecule has 1 aliphatic carbocycles. The lowest BCUT2D eigenvalue weighted by molar-refractivity contribution is -0.131. The van der Waals surface area contributed by atoms with Crippen molar-refractivity contribution in [3.8, 4) is 0 Å². The van der Waals surface area contributed by atoms with Gasteiger partial charge in [0.15, 0.2) is 5.17 Å². The van der Waals surface area contributed by atoms with Gasteiger partial charge in [0, 0.05) is 31.1 Å². The van der Waals surface area contributed by atoms with Gasteiger partial charge in [-0.25, -0.2) is 14.1 Å². The van der Waals surface area contributed by atoms with E-state index in [9.17, 15) is 18.3 Å². The van der Waals surface area contributed by atoms with Crippen LogP contribution < -0.4 is 10.0 Å². The Bertz CT molecular complexity index is 1040. The molecule has 4 aliphatic rings. The third kappa shape index (κ3) is 5.48. The van der Waals surface area contributed by atoms with Gasteiger partial charge in [0.1, 0.15) is 18.0 Å². The zero-order chi connectivity index (χ0) is 24.7. The van der Waals surface area contributed by atoms with Crippen molar-refractivity contribution < 1.29 is 18.3 Å². The molecule has 1 aromatic rings. The molecule has 5 rings (SSSR count).